The predicted molar refractivity (Wildman–Crippen MR) is 97.2 cm³/mol. The fourth-order valence-corrected chi connectivity index (χ4v) is 3.02. The van der Waals surface area contributed by atoms with E-state index in [0.717, 1.165) is 11.1 Å². The monoisotopic (exact) mass is 398 g/mol. The molecule has 2 aromatic carbocycles. The molecule has 0 N–H and O–H groups in total. The SMILES string of the molecule is Cc1ccc(S(=O)([O-])=S)cc1.Cc1ccc(S(=O)([O-])=S)cc1.[Mg+2]. The molecule has 0 spiro atoms. The molecule has 0 fully saturated rings. The van der Waals surface area contributed by atoms with Gasteiger partial charge in [-0.3, -0.25) is 8.42 Å². The summed E-state index contributed by atoms with van der Waals surface area (Å²) in [6.07, 6.45) is 0. The summed E-state index contributed by atoms with van der Waals surface area (Å²) in [6, 6.07) is 12.9. The van der Waals surface area contributed by atoms with Gasteiger partial charge in [0, 0.05) is 9.79 Å². The Hall–Kier alpha value is -0.134. The van der Waals surface area contributed by atoms with Crippen LogP contribution in [0.15, 0.2) is 58.3 Å². The molecule has 120 valence electrons. The molecular formula is C14H14MgO4S4. The molecule has 0 aliphatic heterocycles. The summed E-state index contributed by atoms with van der Waals surface area (Å²) in [6.45, 7) is 3.78. The van der Waals surface area contributed by atoms with Crippen molar-refractivity contribution in [2.75, 3.05) is 0 Å². The van der Waals surface area contributed by atoms with Crippen LogP contribution < -0.4 is 0 Å². The molecule has 0 aromatic heterocycles. The molecule has 4 nitrogen and oxygen atoms in total. The molecule has 0 aliphatic carbocycles. The first-order valence-electron chi connectivity index (χ1n) is 6.05. The number of hydrogen-bond acceptors (Lipinski definition) is 6. The van der Waals surface area contributed by atoms with Crippen molar-refractivity contribution in [1.29, 1.82) is 0 Å². The fourth-order valence-electron chi connectivity index (χ4n) is 1.41. The van der Waals surface area contributed by atoms with Crippen molar-refractivity contribution in [3.05, 3.63) is 59.7 Å². The van der Waals surface area contributed by atoms with E-state index in [9.17, 15) is 17.5 Å². The van der Waals surface area contributed by atoms with Crippen LogP contribution in [0.25, 0.3) is 0 Å². The average Bonchev–Trinajstić information content (AvgIpc) is 2.38. The first kappa shape index (κ1) is 22.9. The normalized spacial score (nSPS) is 15.1. The van der Waals surface area contributed by atoms with Crippen molar-refractivity contribution in [2.24, 2.45) is 0 Å². The van der Waals surface area contributed by atoms with Gasteiger partial charge in [-0.1, -0.05) is 35.4 Å². The minimum atomic E-state index is -3.44. The van der Waals surface area contributed by atoms with Crippen molar-refractivity contribution in [2.45, 2.75) is 23.6 Å². The summed E-state index contributed by atoms with van der Waals surface area (Å²) in [5.41, 5.74) is 2.04. The average molecular weight is 399 g/mol. The molecule has 0 saturated carbocycles. The number of benzene rings is 2. The molecule has 0 radical (unpaired) electrons. The molecule has 0 heterocycles. The van der Waals surface area contributed by atoms with Gasteiger partial charge in [0.1, 0.15) is 0 Å². The summed E-state index contributed by atoms with van der Waals surface area (Å²) in [5, 5.41) is 0. The third-order valence-electron chi connectivity index (χ3n) is 2.62. The van der Waals surface area contributed by atoms with E-state index in [1.54, 1.807) is 24.3 Å². The van der Waals surface area contributed by atoms with Crippen LogP contribution in [0.3, 0.4) is 0 Å². The summed E-state index contributed by atoms with van der Waals surface area (Å²) in [5.74, 6) is 0. The van der Waals surface area contributed by atoms with Crippen molar-refractivity contribution in [3.63, 3.8) is 0 Å². The van der Waals surface area contributed by atoms with Crippen LogP contribution in [0.5, 0.6) is 0 Å². The number of hydrogen-bond donors (Lipinski definition) is 0. The molecule has 2 rings (SSSR count). The van der Waals surface area contributed by atoms with E-state index in [1.807, 2.05) is 13.8 Å². The van der Waals surface area contributed by atoms with E-state index in [1.165, 1.54) is 24.3 Å². The molecule has 0 saturated heterocycles. The van der Waals surface area contributed by atoms with E-state index in [4.69, 9.17) is 0 Å². The summed E-state index contributed by atoms with van der Waals surface area (Å²) < 4.78 is 43.0. The van der Waals surface area contributed by atoms with Gasteiger partial charge in [-0.25, -0.2) is 0 Å². The Morgan fingerprint density at radius 2 is 0.913 bits per heavy atom. The Balaban J connectivity index is 0.000000403. The Morgan fingerprint density at radius 3 is 1.09 bits per heavy atom. The standard InChI is InChI=1S/2C7H8O2S2.Mg/c2*1-6-2-4-7(5-3-6)11(8,9)10;/h2*2-5H,1H3,(H,8,9,10);/q;;+2/p-2. The largest absolute Gasteiger partial charge is 2.00 e. The van der Waals surface area contributed by atoms with Gasteiger partial charge in [-0.2, -0.15) is 0 Å². The predicted octanol–water partition coefficient (Wildman–Crippen LogP) is 2.08. The zero-order valence-corrected chi connectivity index (χ0v) is 17.3. The van der Waals surface area contributed by atoms with E-state index in [-0.39, 0.29) is 32.8 Å². The second-order valence-corrected chi connectivity index (χ2v) is 9.93. The third kappa shape index (κ3) is 8.50. The first-order chi connectivity index (χ1) is 10.00. The molecule has 9 heteroatoms. The maximum absolute atomic E-state index is 10.8. The van der Waals surface area contributed by atoms with E-state index in [2.05, 4.69) is 22.4 Å². The third-order valence-corrected chi connectivity index (χ3v) is 5.47. The summed E-state index contributed by atoms with van der Waals surface area (Å²) in [7, 11) is -6.87. The molecule has 0 aliphatic rings. The Bertz CT molecular complexity index is 754. The van der Waals surface area contributed by atoms with Crippen LogP contribution in [0, 0.1) is 13.8 Å². The van der Waals surface area contributed by atoms with E-state index in [0.29, 0.717) is 0 Å². The Morgan fingerprint density at radius 1 is 0.696 bits per heavy atom. The van der Waals surface area contributed by atoms with E-state index >= 15 is 0 Å². The number of aryl methyl sites for hydroxylation is 2. The van der Waals surface area contributed by atoms with Gasteiger partial charge in [0.25, 0.3) is 0 Å². The van der Waals surface area contributed by atoms with Crippen molar-refractivity contribution in [1.82, 2.24) is 0 Å². The van der Waals surface area contributed by atoms with E-state index < -0.39 is 17.5 Å². The van der Waals surface area contributed by atoms with Gasteiger partial charge in [-0.15, -0.1) is 0 Å². The van der Waals surface area contributed by atoms with Crippen molar-refractivity contribution < 1.29 is 17.5 Å². The van der Waals surface area contributed by atoms with Gasteiger partial charge in [-0.05, 0) is 78.0 Å². The summed E-state index contributed by atoms with van der Waals surface area (Å²) in [4.78, 5) is 0.385. The van der Waals surface area contributed by atoms with Crippen LogP contribution in [-0.4, -0.2) is 40.6 Å². The Kier molecular flexibility index (Phi) is 9.32. The quantitative estimate of drug-likeness (QED) is 0.720. The van der Waals surface area contributed by atoms with Gasteiger partial charge >= 0.3 is 23.1 Å². The second-order valence-electron chi connectivity index (χ2n) is 4.53. The van der Waals surface area contributed by atoms with Crippen LogP contribution in [0.2, 0.25) is 0 Å². The van der Waals surface area contributed by atoms with Gasteiger partial charge in [0.15, 0.2) is 0 Å². The molecule has 0 amide bonds. The molecule has 2 unspecified atom stereocenters. The molecule has 2 atom stereocenters. The van der Waals surface area contributed by atoms with Gasteiger partial charge in [0.05, 0.1) is 0 Å². The topological polar surface area (TPSA) is 80.3 Å². The maximum Gasteiger partial charge on any atom is 2.00 e. The first-order valence-corrected chi connectivity index (χ1v) is 10.9. The Labute approximate surface area is 162 Å². The second kappa shape index (κ2) is 9.38. The minimum absolute atomic E-state index is 0. The van der Waals surface area contributed by atoms with Crippen molar-refractivity contribution >= 4 is 63.0 Å². The summed E-state index contributed by atoms with van der Waals surface area (Å²) >= 11 is 8.53. The minimum Gasteiger partial charge on any atom is -0.766 e. The van der Waals surface area contributed by atoms with Gasteiger partial charge < -0.3 is 9.11 Å². The maximum atomic E-state index is 10.8. The zero-order chi connectivity index (χ0) is 17.0. The van der Waals surface area contributed by atoms with Crippen LogP contribution in [0.1, 0.15) is 11.1 Å². The van der Waals surface area contributed by atoms with Crippen LogP contribution in [0.4, 0.5) is 0 Å². The fraction of sp³-hybridized carbons (Fsp3) is 0.143. The van der Waals surface area contributed by atoms with Crippen molar-refractivity contribution in [3.8, 4) is 0 Å². The zero-order valence-electron chi connectivity index (χ0n) is 12.6. The van der Waals surface area contributed by atoms with Crippen LogP contribution >= 0.6 is 0 Å². The smallest absolute Gasteiger partial charge is 0.766 e. The van der Waals surface area contributed by atoms with Gasteiger partial charge in [0.2, 0.25) is 0 Å². The molecular weight excluding hydrogens is 385 g/mol. The molecule has 0 bridgehead atoms. The number of rotatable bonds is 2. The molecule has 2 aromatic rings. The molecule has 23 heavy (non-hydrogen) atoms. The van der Waals surface area contributed by atoms with Crippen LogP contribution in [-0.2, 0) is 39.9 Å².